The van der Waals surface area contributed by atoms with Crippen molar-refractivity contribution in [3.63, 3.8) is 0 Å². The molecule has 7 aromatic rings. The largest absolute Gasteiger partial charge is 0.310 e. The topological polar surface area (TPSA) is 6.48 Å². The maximum atomic E-state index is 2.38. The monoisotopic (exact) mass is 526 g/mol. The molecule has 0 heterocycles. The summed E-state index contributed by atoms with van der Waals surface area (Å²) in [5, 5.41) is 4.88. The first-order valence-corrected chi connectivity index (χ1v) is 14.0. The van der Waals surface area contributed by atoms with Gasteiger partial charge in [0.1, 0.15) is 0 Å². The molecule has 0 bridgehead atoms. The van der Waals surface area contributed by atoms with Crippen LogP contribution >= 0.6 is 0 Å². The fourth-order valence-electron chi connectivity index (χ4n) is 5.82. The average Bonchev–Trinajstić information content (AvgIpc) is 3.02. The zero-order chi connectivity index (χ0) is 27.6. The fourth-order valence-corrected chi connectivity index (χ4v) is 5.82. The zero-order valence-electron chi connectivity index (χ0n) is 23.0. The quantitative estimate of drug-likeness (QED) is 0.213. The molecule has 0 unspecified atom stereocenters. The molecule has 0 fully saturated rings. The number of fused-ring (bicyclic) bond motifs is 2. The molecule has 0 aromatic heterocycles. The number of hydrogen-bond acceptors (Lipinski definition) is 2. The number of nitrogens with zero attached hydrogens (tertiary/aromatic N) is 2. The van der Waals surface area contributed by atoms with Crippen molar-refractivity contribution in [3.8, 4) is 0 Å². The first-order valence-electron chi connectivity index (χ1n) is 14.0. The van der Waals surface area contributed by atoms with Crippen LogP contribution in [0.4, 0.5) is 34.1 Å². The van der Waals surface area contributed by atoms with Gasteiger partial charge in [0.15, 0.2) is 0 Å². The first kappa shape index (κ1) is 24.7. The third-order valence-electron chi connectivity index (χ3n) is 7.61. The van der Waals surface area contributed by atoms with Crippen molar-refractivity contribution in [2.45, 2.75) is 6.92 Å². The Hall–Kier alpha value is -5.34. The molecule has 0 aliphatic carbocycles. The molecular weight excluding hydrogens is 496 g/mol. The van der Waals surface area contributed by atoms with Gasteiger partial charge < -0.3 is 9.80 Å². The minimum absolute atomic E-state index is 1.11. The van der Waals surface area contributed by atoms with Crippen LogP contribution in [-0.4, -0.2) is 0 Å². The summed E-state index contributed by atoms with van der Waals surface area (Å²) in [5.41, 5.74) is 7.98. The molecule has 0 saturated carbocycles. The smallest absolute Gasteiger partial charge is 0.0540 e. The third-order valence-corrected chi connectivity index (χ3v) is 7.61. The second-order valence-electron chi connectivity index (χ2n) is 10.4. The third kappa shape index (κ3) is 4.70. The van der Waals surface area contributed by atoms with Gasteiger partial charge in [-0.3, -0.25) is 0 Å². The highest BCUT2D eigenvalue weighted by Crippen LogP contribution is 2.44. The molecule has 0 radical (unpaired) electrons. The van der Waals surface area contributed by atoms with E-state index in [9.17, 15) is 0 Å². The van der Waals surface area contributed by atoms with Crippen LogP contribution in [-0.2, 0) is 0 Å². The molecule has 7 rings (SSSR count). The molecule has 0 amide bonds. The Balaban J connectivity index is 1.48. The van der Waals surface area contributed by atoms with Crippen LogP contribution in [0.25, 0.3) is 21.5 Å². The molecule has 0 N–H and O–H groups in total. The van der Waals surface area contributed by atoms with Gasteiger partial charge in [-0.2, -0.15) is 0 Å². The molecule has 0 spiro atoms. The molecule has 2 heteroatoms. The summed E-state index contributed by atoms with van der Waals surface area (Å²) in [6.45, 7) is 2.19. The molecule has 41 heavy (non-hydrogen) atoms. The van der Waals surface area contributed by atoms with Crippen molar-refractivity contribution in [2.24, 2.45) is 0 Å². The lowest BCUT2D eigenvalue weighted by Crippen LogP contribution is -2.14. The van der Waals surface area contributed by atoms with Gasteiger partial charge in [0.2, 0.25) is 0 Å². The van der Waals surface area contributed by atoms with E-state index < -0.39 is 0 Å². The molecular formula is C39H30N2. The van der Waals surface area contributed by atoms with Gasteiger partial charge in [-0.25, -0.2) is 0 Å². The van der Waals surface area contributed by atoms with Gasteiger partial charge in [0.05, 0.1) is 11.4 Å². The van der Waals surface area contributed by atoms with Crippen LogP contribution in [0.3, 0.4) is 0 Å². The molecule has 0 aliphatic heterocycles. The van der Waals surface area contributed by atoms with E-state index in [4.69, 9.17) is 0 Å². The zero-order valence-corrected chi connectivity index (χ0v) is 23.0. The van der Waals surface area contributed by atoms with Crippen molar-refractivity contribution in [1.29, 1.82) is 0 Å². The summed E-state index contributed by atoms with van der Waals surface area (Å²) in [5.74, 6) is 0. The number of para-hydroxylation sites is 2. The van der Waals surface area contributed by atoms with Crippen molar-refractivity contribution in [3.05, 3.63) is 169 Å². The fraction of sp³-hybridized carbons (Fsp3) is 0.0256. The summed E-state index contributed by atoms with van der Waals surface area (Å²) in [4.78, 5) is 4.76. The number of anilines is 6. The van der Waals surface area contributed by atoms with Gasteiger partial charge in [-0.1, -0.05) is 109 Å². The first-order chi connectivity index (χ1) is 20.3. The highest BCUT2D eigenvalue weighted by Gasteiger charge is 2.20. The number of rotatable bonds is 6. The van der Waals surface area contributed by atoms with E-state index >= 15 is 0 Å². The number of aryl methyl sites for hydroxylation is 1. The lowest BCUT2D eigenvalue weighted by atomic mass is 10.0. The van der Waals surface area contributed by atoms with E-state index in [1.807, 2.05) is 0 Å². The second-order valence-corrected chi connectivity index (χ2v) is 10.4. The highest BCUT2D eigenvalue weighted by atomic mass is 15.2. The predicted octanol–water partition coefficient (Wildman–Crippen LogP) is 11.2. The summed E-state index contributed by atoms with van der Waals surface area (Å²) in [7, 11) is 0. The predicted molar refractivity (Wildman–Crippen MR) is 176 cm³/mol. The summed E-state index contributed by atoms with van der Waals surface area (Å²) >= 11 is 0. The molecule has 2 nitrogen and oxygen atoms in total. The molecule has 196 valence electrons. The molecule has 7 aromatic carbocycles. The van der Waals surface area contributed by atoms with Crippen molar-refractivity contribution in [2.75, 3.05) is 9.80 Å². The molecule has 0 aliphatic rings. The lowest BCUT2D eigenvalue weighted by molar-refractivity contribution is 1.24. The van der Waals surface area contributed by atoms with Gasteiger partial charge >= 0.3 is 0 Å². The van der Waals surface area contributed by atoms with E-state index in [2.05, 4.69) is 181 Å². The maximum absolute atomic E-state index is 2.38. The van der Waals surface area contributed by atoms with E-state index in [0.717, 1.165) is 34.1 Å². The van der Waals surface area contributed by atoms with Crippen LogP contribution in [0.2, 0.25) is 0 Å². The number of benzene rings is 7. The van der Waals surface area contributed by atoms with E-state index in [1.54, 1.807) is 0 Å². The van der Waals surface area contributed by atoms with Gasteiger partial charge in [-0.15, -0.1) is 0 Å². The standard InChI is InChI=1S/C39H30N2/c1-29-26-34(40(32-18-4-2-5-19-32)38-24-12-16-30-14-8-10-22-36(30)38)28-35(27-29)41(33-20-6-3-7-21-33)39-25-13-17-31-15-9-11-23-37(31)39/h2-28H,1H3. The van der Waals surface area contributed by atoms with Crippen molar-refractivity contribution in [1.82, 2.24) is 0 Å². The van der Waals surface area contributed by atoms with E-state index in [1.165, 1.54) is 27.1 Å². The Morgan fingerprint density at radius 2 is 0.732 bits per heavy atom. The summed E-state index contributed by atoms with van der Waals surface area (Å²) < 4.78 is 0. The van der Waals surface area contributed by atoms with Gasteiger partial charge in [-0.05, 0) is 77.9 Å². The molecule has 0 saturated heterocycles. The Labute approximate surface area is 241 Å². The minimum Gasteiger partial charge on any atom is -0.310 e. The number of hydrogen-bond donors (Lipinski definition) is 0. The van der Waals surface area contributed by atoms with Crippen LogP contribution in [0, 0.1) is 6.92 Å². The highest BCUT2D eigenvalue weighted by molar-refractivity contribution is 6.01. The SMILES string of the molecule is Cc1cc(N(c2ccccc2)c2cccc3ccccc23)cc(N(c2ccccc2)c2cccc3ccccc23)c1. The average molecular weight is 527 g/mol. The Morgan fingerprint density at radius 3 is 1.20 bits per heavy atom. The second kappa shape index (κ2) is 10.7. The summed E-state index contributed by atoms with van der Waals surface area (Å²) in [6, 6.07) is 58.5. The van der Waals surface area contributed by atoms with E-state index in [0.29, 0.717) is 0 Å². The van der Waals surface area contributed by atoms with E-state index in [-0.39, 0.29) is 0 Å². The van der Waals surface area contributed by atoms with Gasteiger partial charge in [0.25, 0.3) is 0 Å². The Bertz CT molecular complexity index is 1810. The van der Waals surface area contributed by atoms with Crippen LogP contribution < -0.4 is 9.80 Å². The lowest BCUT2D eigenvalue weighted by Gasteiger charge is -2.31. The van der Waals surface area contributed by atoms with Crippen LogP contribution in [0.1, 0.15) is 5.56 Å². The summed E-state index contributed by atoms with van der Waals surface area (Å²) in [6.07, 6.45) is 0. The normalized spacial score (nSPS) is 11.0. The molecule has 0 atom stereocenters. The van der Waals surface area contributed by atoms with Crippen LogP contribution in [0.5, 0.6) is 0 Å². The van der Waals surface area contributed by atoms with Crippen molar-refractivity contribution < 1.29 is 0 Å². The minimum atomic E-state index is 1.11. The Kier molecular flexibility index (Phi) is 6.42. The Morgan fingerprint density at radius 1 is 0.341 bits per heavy atom. The van der Waals surface area contributed by atoms with Crippen molar-refractivity contribution >= 4 is 55.7 Å². The maximum Gasteiger partial charge on any atom is 0.0540 e. The van der Waals surface area contributed by atoms with Crippen LogP contribution in [0.15, 0.2) is 164 Å². The van der Waals surface area contributed by atoms with Gasteiger partial charge in [0, 0.05) is 33.5 Å².